The maximum Gasteiger partial charge on any atom is 0.416 e. The third-order valence-corrected chi connectivity index (χ3v) is 5.49. The maximum absolute atomic E-state index is 13.1. The van der Waals surface area contributed by atoms with Gasteiger partial charge in [-0.15, -0.1) is 11.3 Å². The van der Waals surface area contributed by atoms with Crippen LogP contribution in [0.1, 0.15) is 34.9 Å². The Morgan fingerprint density at radius 3 is 2.36 bits per heavy atom. The largest absolute Gasteiger partial charge is 0.423 e. The fourth-order valence-electron chi connectivity index (χ4n) is 3.32. The molecule has 0 radical (unpaired) electrons. The molecule has 1 aromatic heterocycles. The Morgan fingerprint density at radius 2 is 1.76 bits per heavy atom. The highest BCUT2D eigenvalue weighted by molar-refractivity contribution is 7.14. The fourth-order valence-corrected chi connectivity index (χ4v) is 4.17. The lowest BCUT2D eigenvalue weighted by Gasteiger charge is -2.19. The van der Waals surface area contributed by atoms with E-state index in [0.717, 1.165) is 45.1 Å². The quantitative estimate of drug-likeness (QED) is 0.244. The van der Waals surface area contributed by atoms with Crippen molar-refractivity contribution in [2.45, 2.75) is 33.9 Å². The molecule has 1 amide bonds. The van der Waals surface area contributed by atoms with Crippen molar-refractivity contribution in [2.24, 2.45) is 0 Å². The van der Waals surface area contributed by atoms with Crippen molar-refractivity contribution in [3.05, 3.63) is 75.8 Å². The molecular weight excluding hydrogens is 453 g/mol. The molecule has 0 unspecified atom stereocenters. The lowest BCUT2D eigenvalue weighted by molar-refractivity contribution is -0.137. The Morgan fingerprint density at radius 1 is 1.09 bits per heavy atom. The van der Waals surface area contributed by atoms with Crippen LogP contribution >= 0.6 is 11.3 Å². The molecule has 3 rings (SSSR count). The number of halogens is 3. The van der Waals surface area contributed by atoms with Crippen molar-refractivity contribution in [1.29, 1.82) is 0 Å². The average molecular weight is 475 g/mol. The van der Waals surface area contributed by atoms with E-state index in [1.807, 2.05) is 32.9 Å². The Balaban J connectivity index is 1.80. The van der Waals surface area contributed by atoms with Crippen molar-refractivity contribution in [3.63, 3.8) is 0 Å². The highest BCUT2D eigenvalue weighted by Gasteiger charge is 2.31. The summed E-state index contributed by atoms with van der Waals surface area (Å²) in [5.74, 6) is -0.605. The number of anilines is 2. The van der Waals surface area contributed by atoms with Crippen LogP contribution in [0.3, 0.4) is 0 Å². The number of aryl methyl sites for hydroxylation is 3. The summed E-state index contributed by atoms with van der Waals surface area (Å²) >= 11 is 1.07. The summed E-state index contributed by atoms with van der Waals surface area (Å²) in [6.45, 7) is 6.89. The van der Waals surface area contributed by atoms with Gasteiger partial charge in [-0.25, -0.2) is 9.78 Å². The lowest BCUT2D eigenvalue weighted by Crippen LogP contribution is -2.23. The van der Waals surface area contributed by atoms with Crippen LogP contribution in [0.15, 0.2) is 47.9 Å². The summed E-state index contributed by atoms with van der Waals surface area (Å²) in [6, 6.07) is 8.28. The first kappa shape index (κ1) is 24.2. The third-order valence-electron chi connectivity index (χ3n) is 4.65. The van der Waals surface area contributed by atoms with E-state index in [2.05, 4.69) is 4.98 Å². The number of amides is 1. The van der Waals surface area contributed by atoms with E-state index in [1.54, 1.807) is 5.38 Å². The first-order valence-corrected chi connectivity index (χ1v) is 10.7. The Hall–Kier alpha value is -3.46. The van der Waals surface area contributed by atoms with Crippen LogP contribution in [-0.4, -0.2) is 16.9 Å². The minimum atomic E-state index is -4.54. The zero-order chi connectivity index (χ0) is 24.3. The van der Waals surface area contributed by atoms with Crippen molar-refractivity contribution in [2.75, 3.05) is 4.90 Å². The zero-order valence-electron chi connectivity index (χ0n) is 18.4. The minimum absolute atomic E-state index is 0.0481. The molecule has 0 spiro atoms. The minimum Gasteiger partial charge on any atom is -0.423 e. The van der Waals surface area contributed by atoms with E-state index in [9.17, 15) is 22.8 Å². The van der Waals surface area contributed by atoms with Gasteiger partial charge in [-0.05, 0) is 56.2 Å². The monoisotopic (exact) mass is 474 g/mol. The van der Waals surface area contributed by atoms with Crippen LogP contribution in [-0.2, 0) is 15.8 Å². The molecule has 0 atom stereocenters. The number of benzene rings is 2. The maximum atomic E-state index is 13.1. The Kier molecular flexibility index (Phi) is 7.02. The smallest absolute Gasteiger partial charge is 0.416 e. The van der Waals surface area contributed by atoms with Crippen LogP contribution < -0.4 is 9.64 Å². The van der Waals surface area contributed by atoms with E-state index in [4.69, 9.17) is 4.74 Å². The molecule has 9 heteroatoms. The van der Waals surface area contributed by atoms with Crippen molar-refractivity contribution in [1.82, 2.24) is 4.98 Å². The fraction of sp³-hybridized carbons (Fsp3) is 0.208. The normalized spacial score (nSPS) is 11.6. The molecule has 172 valence electrons. The summed E-state index contributed by atoms with van der Waals surface area (Å²) in [5.41, 5.74) is 2.28. The van der Waals surface area contributed by atoms with Gasteiger partial charge in [0.1, 0.15) is 5.75 Å². The molecule has 0 aliphatic rings. The summed E-state index contributed by atoms with van der Waals surface area (Å²) in [5, 5.41) is 1.77. The van der Waals surface area contributed by atoms with Crippen LogP contribution in [0.4, 0.5) is 24.0 Å². The molecule has 33 heavy (non-hydrogen) atoms. The Labute approximate surface area is 193 Å². The number of hydrogen-bond donors (Lipinski definition) is 0. The third kappa shape index (κ3) is 5.87. The van der Waals surface area contributed by atoms with Gasteiger partial charge in [-0.2, -0.15) is 13.2 Å². The second kappa shape index (κ2) is 9.58. The molecule has 0 aliphatic heterocycles. The summed E-state index contributed by atoms with van der Waals surface area (Å²) < 4.78 is 44.7. The van der Waals surface area contributed by atoms with E-state index >= 15 is 0 Å². The van der Waals surface area contributed by atoms with Gasteiger partial charge in [0.15, 0.2) is 5.13 Å². The molecule has 2 aromatic carbocycles. The van der Waals surface area contributed by atoms with Crippen molar-refractivity contribution < 1.29 is 27.5 Å². The SMILES string of the molecule is CC(=O)N(c1cccc(C(F)(F)F)c1)c1nc(/C=C/C(=O)Oc2c(C)cc(C)cc2C)cs1. The van der Waals surface area contributed by atoms with Crippen molar-refractivity contribution in [3.8, 4) is 5.75 Å². The number of thiazole rings is 1. The standard InChI is InChI=1S/C24H21F3N2O3S/c1-14-10-15(2)22(16(3)11-14)32-21(31)9-8-19-13-33-23(28-19)29(17(4)30)20-7-5-6-18(12-20)24(25,26)27/h5-13H,1-4H3/b9-8+. The summed E-state index contributed by atoms with van der Waals surface area (Å²) in [6.07, 6.45) is -1.91. The summed E-state index contributed by atoms with van der Waals surface area (Å²) in [4.78, 5) is 29.8. The number of aromatic nitrogens is 1. The number of carbonyl (C=O) groups excluding carboxylic acids is 2. The molecule has 1 heterocycles. The van der Waals surface area contributed by atoms with Crippen LogP contribution in [0.2, 0.25) is 0 Å². The van der Waals surface area contributed by atoms with Crippen molar-refractivity contribution >= 4 is 40.1 Å². The molecule has 0 saturated carbocycles. The van der Waals surface area contributed by atoms with Gasteiger partial charge < -0.3 is 4.74 Å². The van der Waals surface area contributed by atoms with E-state index in [0.29, 0.717) is 11.4 Å². The number of esters is 1. The lowest BCUT2D eigenvalue weighted by atomic mass is 10.1. The molecule has 0 N–H and O–H groups in total. The highest BCUT2D eigenvalue weighted by Crippen LogP contribution is 2.35. The van der Waals surface area contributed by atoms with Gasteiger partial charge in [-0.3, -0.25) is 9.69 Å². The number of carbonyl (C=O) groups is 2. The number of ether oxygens (including phenoxy) is 1. The van der Waals surface area contributed by atoms with E-state index in [1.165, 1.54) is 31.2 Å². The van der Waals surface area contributed by atoms with Gasteiger partial charge in [0.2, 0.25) is 5.91 Å². The second-order valence-corrected chi connectivity index (χ2v) is 8.28. The number of rotatable bonds is 5. The predicted octanol–water partition coefficient (Wildman–Crippen LogP) is 6.39. The molecule has 5 nitrogen and oxygen atoms in total. The van der Waals surface area contributed by atoms with Gasteiger partial charge in [-0.1, -0.05) is 23.8 Å². The summed E-state index contributed by atoms with van der Waals surface area (Å²) in [7, 11) is 0. The topological polar surface area (TPSA) is 59.5 Å². The highest BCUT2D eigenvalue weighted by atomic mass is 32.1. The molecule has 0 bridgehead atoms. The van der Waals surface area contributed by atoms with Gasteiger partial charge in [0, 0.05) is 18.4 Å². The van der Waals surface area contributed by atoms with Crippen LogP contribution in [0.5, 0.6) is 5.75 Å². The van der Waals surface area contributed by atoms with E-state index < -0.39 is 23.6 Å². The number of hydrogen-bond acceptors (Lipinski definition) is 5. The number of alkyl halides is 3. The molecule has 0 saturated heterocycles. The zero-order valence-corrected chi connectivity index (χ0v) is 19.2. The van der Waals surface area contributed by atoms with Crippen LogP contribution in [0.25, 0.3) is 6.08 Å². The molecular formula is C24H21F3N2O3S. The second-order valence-electron chi connectivity index (χ2n) is 7.44. The van der Waals surface area contributed by atoms with Gasteiger partial charge in [0.25, 0.3) is 0 Å². The molecule has 0 fully saturated rings. The van der Waals surface area contributed by atoms with Crippen LogP contribution in [0, 0.1) is 20.8 Å². The first-order valence-electron chi connectivity index (χ1n) is 9.87. The molecule has 0 aliphatic carbocycles. The first-order chi connectivity index (χ1) is 15.5. The molecule has 3 aromatic rings. The van der Waals surface area contributed by atoms with E-state index in [-0.39, 0.29) is 10.8 Å². The predicted molar refractivity (Wildman–Crippen MR) is 122 cm³/mol. The Bertz CT molecular complexity index is 1210. The van der Waals surface area contributed by atoms with Gasteiger partial charge in [0.05, 0.1) is 16.9 Å². The average Bonchev–Trinajstić information content (AvgIpc) is 3.17. The number of nitrogens with zero attached hydrogens (tertiary/aromatic N) is 2. The van der Waals surface area contributed by atoms with Gasteiger partial charge >= 0.3 is 12.1 Å².